The molecule has 0 bridgehead atoms. The van der Waals surface area contributed by atoms with Gasteiger partial charge in [-0.05, 0) is 18.9 Å². The summed E-state index contributed by atoms with van der Waals surface area (Å²) in [4.78, 5) is 17.2. The van der Waals surface area contributed by atoms with E-state index in [9.17, 15) is 0 Å². The van der Waals surface area contributed by atoms with Crippen LogP contribution in [0.15, 0.2) is 30.9 Å². The van der Waals surface area contributed by atoms with Gasteiger partial charge in [-0.1, -0.05) is 11.6 Å². The maximum Gasteiger partial charge on any atom is 0.179 e. The molecule has 3 heterocycles. The summed E-state index contributed by atoms with van der Waals surface area (Å²) in [6, 6.07) is 1.66. The Bertz CT molecular complexity index is 763. The summed E-state index contributed by atoms with van der Waals surface area (Å²) in [7, 11) is 0. The van der Waals surface area contributed by atoms with Crippen molar-refractivity contribution in [2.75, 3.05) is 0 Å². The van der Waals surface area contributed by atoms with E-state index in [0.29, 0.717) is 16.9 Å². The average Bonchev–Trinajstić information content (AvgIpc) is 3.18. The topological polar surface area (TPSA) is 56.0 Å². The summed E-state index contributed by atoms with van der Waals surface area (Å²) in [6.45, 7) is 0. The molecule has 94 valence electrons. The highest BCUT2D eigenvalue weighted by Crippen LogP contribution is 2.39. The van der Waals surface area contributed by atoms with Crippen LogP contribution >= 0.6 is 11.6 Å². The van der Waals surface area contributed by atoms with Crippen molar-refractivity contribution in [3.8, 4) is 11.5 Å². The minimum Gasteiger partial charge on any atom is -0.294 e. The van der Waals surface area contributed by atoms with Crippen LogP contribution in [0.25, 0.3) is 17.2 Å². The Kier molecular flexibility index (Phi) is 2.29. The van der Waals surface area contributed by atoms with E-state index in [1.807, 2.05) is 10.6 Å². The third kappa shape index (κ3) is 1.86. The Hall–Kier alpha value is -2.01. The molecule has 1 aliphatic carbocycles. The van der Waals surface area contributed by atoms with Gasteiger partial charge in [0, 0.05) is 18.3 Å². The second-order valence-electron chi connectivity index (χ2n) is 4.66. The molecule has 3 aromatic rings. The van der Waals surface area contributed by atoms with Gasteiger partial charge in [-0.15, -0.1) is 0 Å². The summed E-state index contributed by atoms with van der Waals surface area (Å²) >= 11 is 5.91. The summed E-state index contributed by atoms with van der Waals surface area (Å²) in [5.41, 5.74) is 2.73. The van der Waals surface area contributed by atoms with E-state index in [2.05, 4.69) is 19.9 Å². The Labute approximate surface area is 114 Å². The predicted molar refractivity (Wildman–Crippen MR) is 71.0 cm³/mol. The molecule has 0 spiro atoms. The molecule has 1 fully saturated rings. The highest BCUT2D eigenvalue weighted by Gasteiger charge is 2.25. The highest BCUT2D eigenvalue weighted by atomic mass is 35.5. The second-order valence-corrected chi connectivity index (χ2v) is 5.05. The molecule has 0 saturated heterocycles. The number of halogens is 1. The van der Waals surface area contributed by atoms with Crippen LogP contribution in [0.3, 0.4) is 0 Å². The predicted octanol–water partition coefficient (Wildman–Crippen LogP) is 2.72. The number of nitrogens with zero attached hydrogens (tertiary/aromatic N) is 5. The monoisotopic (exact) mass is 271 g/mol. The van der Waals surface area contributed by atoms with E-state index >= 15 is 0 Å². The molecule has 1 aliphatic rings. The molecule has 4 rings (SSSR count). The van der Waals surface area contributed by atoms with Crippen molar-refractivity contribution in [3.63, 3.8) is 0 Å². The van der Waals surface area contributed by atoms with E-state index in [-0.39, 0.29) is 0 Å². The lowest BCUT2D eigenvalue weighted by Crippen LogP contribution is -1.97. The molecule has 6 heteroatoms. The Morgan fingerprint density at radius 3 is 2.84 bits per heavy atom. The van der Waals surface area contributed by atoms with Gasteiger partial charge in [0.15, 0.2) is 11.5 Å². The fourth-order valence-corrected chi connectivity index (χ4v) is 2.26. The molecule has 19 heavy (non-hydrogen) atoms. The van der Waals surface area contributed by atoms with E-state index in [0.717, 1.165) is 17.0 Å². The van der Waals surface area contributed by atoms with E-state index in [4.69, 9.17) is 11.6 Å². The van der Waals surface area contributed by atoms with Crippen molar-refractivity contribution in [3.05, 3.63) is 41.7 Å². The molecule has 5 nitrogen and oxygen atoms in total. The maximum absolute atomic E-state index is 5.91. The lowest BCUT2D eigenvalue weighted by atomic mass is 10.3. The summed E-state index contributed by atoms with van der Waals surface area (Å²) in [6.07, 6.45) is 9.65. The number of rotatable bonds is 2. The zero-order valence-electron chi connectivity index (χ0n) is 9.99. The van der Waals surface area contributed by atoms with E-state index < -0.39 is 0 Å². The quantitative estimate of drug-likeness (QED) is 0.673. The lowest BCUT2D eigenvalue weighted by Gasteiger charge is -2.03. The van der Waals surface area contributed by atoms with Crippen LogP contribution < -0.4 is 0 Å². The molecule has 0 unspecified atom stereocenters. The number of hydrogen-bond donors (Lipinski definition) is 0. The average molecular weight is 272 g/mol. The number of hydrogen-bond acceptors (Lipinski definition) is 4. The molecule has 1 saturated carbocycles. The first kappa shape index (κ1) is 10.9. The molecule has 0 amide bonds. The first-order valence-corrected chi connectivity index (χ1v) is 6.51. The largest absolute Gasteiger partial charge is 0.294 e. The van der Waals surface area contributed by atoms with Crippen molar-refractivity contribution in [1.82, 2.24) is 24.3 Å². The maximum atomic E-state index is 5.91. The molecular formula is C13H10ClN5. The Balaban J connectivity index is 1.91. The first-order chi connectivity index (χ1) is 9.31. The van der Waals surface area contributed by atoms with Crippen molar-refractivity contribution in [2.24, 2.45) is 0 Å². The lowest BCUT2D eigenvalue weighted by molar-refractivity contribution is 0.967. The van der Waals surface area contributed by atoms with E-state index in [1.165, 1.54) is 12.8 Å². The van der Waals surface area contributed by atoms with E-state index in [1.54, 1.807) is 24.7 Å². The summed E-state index contributed by atoms with van der Waals surface area (Å²) in [5, 5.41) is 0.427. The Morgan fingerprint density at radius 2 is 2.05 bits per heavy atom. The van der Waals surface area contributed by atoms with Crippen LogP contribution in [-0.4, -0.2) is 24.3 Å². The van der Waals surface area contributed by atoms with Crippen LogP contribution in [-0.2, 0) is 0 Å². The third-order valence-corrected chi connectivity index (χ3v) is 3.47. The minimum atomic E-state index is 0.427. The fourth-order valence-electron chi connectivity index (χ4n) is 2.12. The van der Waals surface area contributed by atoms with Crippen LogP contribution in [0.2, 0.25) is 5.15 Å². The van der Waals surface area contributed by atoms with Gasteiger partial charge in [-0.2, -0.15) is 0 Å². The van der Waals surface area contributed by atoms with Crippen molar-refractivity contribution in [1.29, 1.82) is 0 Å². The first-order valence-electron chi connectivity index (χ1n) is 6.13. The van der Waals surface area contributed by atoms with Crippen LogP contribution in [0.5, 0.6) is 0 Å². The molecule has 3 aromatic heterocycles. The van der Waals surface area contributed by atoms with Crippen LogP contribution in [0.4, 0.5) is 0 Å². The van der Waals surface area contributed by atoms with Gasteiger partial charge in [0.1, 0.15) is 10.8 Å². The zero-order valence-corrected chi connectivity index (χ0v) is 10.7. The van der Waals surface area contributed by atoms with Gasteiger partial charge >= 0.3 is 0 Å². The van der Waals surface area contributed by atoms with Crippen LogP contribution in [0.1, 0.15) is 24.5 Å². The second kappa shape index (κ2) is 3.99. The number of imidazole rings is 1. The smallest absolute Gasteiger partial charge is 0.179 e. The van der Waals surface area contributed by atoms with Crippen LogP contribution in [0, 0.1) is 0 Å². The summed E-state index contributed by atoms with van der Waals surface area (Å²) in [5.74, 6) is 1.17. The van der Waals surface area contributed by atoms with Gasteiger partial charge in [0.05, 0.1) is 18.1 Å². The minimum absolute atomic E-state index is 0.427. The highest BCUT2D eigenvalue weighted by molar-refractivity contribution is 6.29. The summed E-state index contributed by atoms with van der Waals surface area (Å²) < 4.78 is 1.98. The molecule has 0 radical (unpaired) electrons. The molecule has 0 atom stereocenters. The zero-order chi connectivity index (χ0) is 12.8. The normalized spacial score (nSPS) is 15.0. The van der Waals surface area contributed by atoms with Gasteiger partial charge in [0.2, 0.25) is 0 Å². The fraction of sp³-hybridized carbons (Fsp3) is 0.231. The van der Waals surface area contributed by atoms with Crippen molar-refractivity contribution in [2.45, 2.75) is 18.8 Å². The van der Waals surface area contributed by atoms with Gasteiger partial charge in [0.25, 0.3) is 0 Å². The van der Waals surface area contributed by atoms with Gasteiger partial charge < -0.3 is 0 Å². The molecule has 0 aromatic carbocycles. The van der Waals surface area contributed by atoms with Crippen molar-refractivity contribution >= 4 is 17.2 Å². The molecular weight excluding hydrogens is 262 g/mol. The molecule has 0 N–H and O–H groups in total. The molecule has 0 aliphatic heterocycles. The number of aromatic nitrogens is 5. The van der Waals surface area contributed by atoms with Crippen molar-refractivity contribution < 1.29 is 0 Å². The third-order valence-electron chi connectivity index (χ3n) is 3.26. The standard InChI is InChI=1S/C13H10ClN5/c14-11-3-4-15-13(18-11)10-5-17-12-6-16-9(7-19(10)12)8-1-2-8/h3-8H,1-2H2. The Morgan fingerprint density at radius 1 is 1.16 bits per heavy atom. The number of fused-ring (bicyclic) bond motifs is 1. The van der Waals surface area contributed by atoms with Gasteiger partial charge in [-0.25, -0.2) is 15.0 Å². The SMILES string of the molecule is Clc1ccnc(-c2cnc3cnc(C4CC4)cn23)n1. The van der Waals surface area contributed by atoms with Gasteiger partial charge in [-0.3, -0.25) is 9.38 Å².